The minimum atomic E-state index is 0.866. The zero-order valence-electron chi connectivity index (χ0n) is 14.3. The first-order valence-electron chi connectivity index (χ1n) is 10.1. The largest absolute Gasteiger partial charge is 0.312 e. The van der Waals surface area contributed by atoms with Crippen LogP contribution in [0.25, 0.3) is 0 Å². The van der Waals surface area contributed by atoms with Gasteiger partial charge in [-0.05, 0) is 98.1 Å². The average molecular weight is 309 g/mol. The van der Waals surface area contributed by atoms with E-state index >= 15 is 0 Å². The summed E-state index contributed by atoms with van der Waals surface area (Å²) >= 11 is 0. The van der Waals surface area contributed by atoms with Gasteiger partial charge in [0.15, 0.2) is 0 Å². The molecule has 5 aliphatic carbocycles. The number of benzene rings is 1. The van der Waals surface area contributed by atoms with Gasteiger partial charge in [-0.25, -0.2) is 0 Å². The lowest BCUT2D eigenvalue weighted by Crippen LogP contribution is -2.48. The van der Waals surface area contributed by atoms with Gasteiger partial charge in [0.2, 0.25) is 0 Å². The number of nitrogens with one attached hydrogen (secondary N) is 1. The lowest BCUT2D eigenvalue weighted by Gasteiger charge is -2.54. The monoisotopic (exact) mass is 309 g/mol. The van der Waals surface area contributed by atoms with Crippen LogP contribution < -0.4 is 5.32 Å². The van der Waals surface area contributed by atoms with E-state index < -0.39 is 0 Å². The molecule has 0 atom stereocenters. The fourth-order valence-corrected chi connectivity index (χ4v) is 6.40. The summed E-state index contributed by atoms with van der Waals surface area (Å²) in [7, 11) is 0. The van der Waals surface area contributed by atoms with Gasteiger partial charge in [-0.1, -0.05) is 30.7 Å². The van der Waals surface area contributed by atoms with Gasteiger partial charge in [-0.2, -0.15) is 0 Å². The van der Waals surface area contributed by atoms with E-state index in [4.69, 9.17) is 0 Å². The molecule has 124 valence electrons. The lowest BCUT2D eigenvalue weighted by atomic mass is 9.52. The summed E-state index contributed by atoms with van der Waals surface area (Å²) in [4.78, 5) is 0. The highest BCUT2D eigenvalue weighted by atomic mass is 14.9. The third kappa shape index (κ3) is 2.76. The average Bonchev–Trinajstić information content (AvgIpc) is 2.49. The van der Waals surface area contributed by atoms with Crippen molar-refractivity contribution in [3.05, 3.63) is 35.4 Å². The second-order valence-corrected chi connectivity index (χ2v) is 9.09. The van der Waals surface area contributed by atoms with Gasteiger partial charge in [0.25, 0.3) is 0 Å². The van der Waals surface area contributed by atoms with Gasteiger partial charge in [0.1, 0.15) is 0 Å². The number of hydrogen-bond acceptors (Lipinski definition) is 1. The molecule has 23 heavy (non-hydrogen) atoms. The van der Waals surface area contributed by atoms with Crippen LogP contribution in [0.1, 0.15) is 68.4 Å². The topological polar surface area (TPSA) is 12.0 Å². The molecule has 0 spiro atoms. The molecule has 5 fully saturated rings. The van der Waals surface area contributed by atoms with E-state index in [1.165, 1.54) is 31.4 Å². The van der Waals surface area contributed by atoms with Crippen molar-refractivity contribution in [1.29, 1.82) is 0 Å². The Bertz CT molecular complexity index is 514. The molecule has 0 aliphatic heterocycles. The Morgan fingerprint density at radius 3 is 2.04 bits per heavy atom. The molecule has 0 unspecified atom stereocenters. The van der Waals surface area contributed by atoms with Crippen LogP contribution in [0.2, 0.25) is 0 Å². The second-order valence-electron chi connectivity index (χ2n) is 9.09. The summed E-state index contributed by atoms with van der Waals surface area (Å²) in [6.07, 6.45) is 12.0. The zero-order valence-corrected chi connectivity index (χ0v) is 14.3. The summed E-state index contributed by atoms with van der Waals surface area (Å²) in [5, 5.41) is 3.81. The maximum Gasteiger partial charge on any atom is 0.0205 e. The molecule has 0 amide bonds. The summed E-state index contributed by atoms with van der Waals surface area (Å²) in [5.74, 6) is 6.17. The molecule has 4 bridgehead atoms. The van der Waals surface area contributed by atoms with Crippen LogP contribution >= 0.6 is 0 Å². The lowest BCUT2D eigenvalue weighted by molar-refractivity contribution is -0.0355. The van der Waals surface area contributed by atoms with E-state index in [1.807, 2.05) is 0 Å². The van der Waals surface area contributed by atoms with Crippen LogP contribution in [0.5, 0.6) is 0 Å². The van der Waals surface area contributed by atoms with Crippen molar-refractivity contribution >= 4 is 0 Å². The van der Waals surface area contributed by atoms with E-state index in [0.717, 1.165) is 42.1 Å². The van der Waals surface area contributed by atoms with Crippen LogP contribution in [0.3, 0.4) is 0 Å². The molecule has 1 nitrogen and oxygen atoms in total. The Labute approximate surface area is 141 Å². The van der Waals surface area contributed by atoms with Gasteiger partial charge < -0.3 is 5.32 Å². The van der Waals surface area contributed by atoms with Crippen molar-refractivity contribution in [2.75, 3.05) is 6.54 Å². The summed E-state index contributed by atoms with van der Waals surface area (Å²) < 4.78 is 0. The molecular weight excluding hydrogens is 278 g/mol. The number of hydrogen-bond donors (Lipinski definition) is 1. The molecule has 0 saturated heterocycles. The van der Waals surface area contributed by atoms with E-state index in [2.05, 4.69) is 29.6 Å². The zero-order chi connectivity index (χ0) is 15.2. The van der Waals surface area contributed by atoms with Crippen molar-refractivity contribution in [2.24, 2.45) is 29.6 Å². The summed E-state index contributed by atoms with van der Waals surface area (Å²) in [6, 6.07) is 9.47. The molecule has 6 rings (SSSR count). The molecule has 1 N–H and O–H groups in total. The van der Waals surface area contributed by atoms with E-state index in [0.29, 0.717) is 0 Å². The maximum absolute atomic E-state index is 3.81. The Balaban J connectivity index is 1.14. The van der Waals surface area contributed by atoms with E-state index in [9.17, 15) is 0 Å². The van der Waals surface area contributed by atoms with Crippen LogP contribution in [-0.2, 0) is 6.54 Å². The smallest absolute Gasteiger partial charge is 0.0205 e. The SMILES string of the molecule is c1cc(C2CCC2)ccc1CNCC1C2CC3CC(C2)CC1C3. The minimum Gasteiger partial charge on any atom is -0.312 e. The molecule has 1 aromatic rings. The third-order valence-corrected chi connectivity index (χ3v) is 7.69. The molecule has 0 heterocycles. The van der Waals surface area contributed by atoms with Gasteiger partial charge in [0, 0.05) is 6.54 Å². The van der Waals surface area contributed by atoms with Crippen LogP contribution in [-0.4, -0.2) is 6.54 Å². The third-order valence-electron chi connectivity index (χ3n) is 7.69. The highest BCUT2D eigenvalue weighted by molar-refractivity contribution is 5.26. The Morgan fingerprint density at radius 1 is 0.826 bits per heavy atom. The highest BCUT2D eigenvalue weighted by Crippen LogP contribution is 2.56. The number of rotatable bonds is 5. The molecule has 1 heteroatoms. The first-order valence-corrected chi connectivity index (χ1v) is 10.1. The van der Waals surface area contributed by atoms with Crippen molar-refractivity contribution in [3.8, 4) is 0 Å². The predicted octanol–water partition coefficient (Wildman–Crippen LogP) is 5.12. The van der Waals surface area contributed by atoms with Gasteiger partial charge in [-0.3, -0.25) is 0 Å². The second kappa shape index (κ2) is 5.92. The molecular formula is C22H31N. The first kappa shape index (κ1) is 14.5. The van der Waals surface area contributed by atoms with Gasteiger partial charge >= 0.3 is 0 Å². The van der Waals surface area contributed by atoms with Gasteiger partial charge in [0.05, 0.1) is 0 Å². The first-order chi connectivity index (χ1) is 11.3. The summed E-state index contributed by atoms with van der Waals surface area (Å²) in [5.41, 5.74) is 3.04. The standard InChI is InChI=1S/C22H31N/c1-2-18(3-1)19-6-4-15(5-7-19)13-23-14-22-20-9-16-8-17(11-20)12-21(22)10-16/h4-7,16-18,20-23H,1-3,8-14H2. The van der Waals surface area contributed by atoms with Crippen LogP contribution in [0.15, 0.2) is 24.3 Å². The molecule has 0 aromatic heterocycles. The normalized spacial score (nSPS) is 38.7. The van der Waals surface area contributed by atoms with Crippen molar-refractivity contribution in [1.82, 2.24) is 5.32 Å². The highest BCUT2D eigenvalue weighted by Gasteiger charge is 2.47. The van der Waals surface area contributed by atoms with Crippen molar-refractivity contribution in [3.63, 3.8) is 0 Å². The quantitative estimate of drug-likeness (QED) is 0.796. The van der Waals surface area contributed by atoms with E-state index in [1.54, 1.807) is 37.7 Å². The fraction of sp³-hybridized carbons (Fsp3) is 0.727. The van der Waals surface area contributed by atoms with Gasteiger partial charge in [-0.15, -0.1) is 0 Å². The van der Waals surface area contributed by atoms with Crippen LogP contribution in [0, 0.1) is 29.6 Å². The Morgan fingerprint density at radius 2 is 1.48 bits per heavy atom. The maximum atomic E-state index is 3.81. The predicted molar refractivity (Wildman–Crippen MR) is 95.3 cm³/mol. The summed E-state index contributed by atoms with van der Waals surface area (Å²) in [6.45, 7) is 2.33. The molecule has 5 aliphatic rings. The van der Waals surface area contributed by atoms with Crippen molar-refractivity contribution in [2.45, 2.75) is 63.8 Å². The molecule has 5 saturated carbocycles. The molecule has 0 radical (unpaired) electrons. The van der Waals surface area contributed by atoms with Crippen molar-refractivity contribution < 1.29 is 0 Å². The fourth-order valence-electron chi connectivity index (χ4n) is 6.40. The van der Waals surface area contributed by atoms with Crippen LogP contribution in [0.4, 0.5) is 0 Å². The minimum absolute atomic E-state index is 0.866. The molecule has 1 aromatic carbocycles. The Hall–Kier alpha value is -0.820. The Kier molecular flexibility index (Phi) is 3.73. The van der Waals surface area contributed by atoms with E-state index in [-0.39, 0.29) is 0 Å².